The topological polar surface area (TPSA) is 82.0 Å². The first-order valence-electron chi connectivity index (χ1n) is 8.35. The number of rotatable bonds is 4. The summed E-state index contributed by atoms with van der Waals surface area (Å²) < 4.78 is 0. The molecule has 0 fully saturated rings. The third-order valence-corrected chi connectivity index (χ3v) is 3.93. The normalized spacial score (nSPS) is 9.93. The summed E-state index contributed by atoms with van der Waals surface area (Å²) in [4.78, 5) is 24.7. The molecule has 0 saturated heterocycles. The van der Waals surface area contributed by atoms with E-state index in [-0.39, 0.29) is 11.8 Å². The maximum absolute atomic E-state index is 12.3. The number of hydrogen-bond donors (Lipinski definition) is 2. The number of carbonyl (C=O) groups excluding carboxylic acids is 2. The zero-order valence-corrected chi connectivity index (χ0v) is 14.7. The fraction of sp³-hybridized carbons (Fsp3) is 0.0455. The van der Waals surface area contributed by atoms with Crippen molar-refractivity contribution in [1.82, 2.24) is 0 Å². The molecule has 0 aliphatic rings. The molecule has 3 aromatic carbocycles. The molecule has 0 aromatic heterocycles. The minimum absolute atomic E-state index is 0.241. The number of nitriles is 1. The smallest absolute Gasteiger partial charge is 0.255 e. The molecule has 0 aliphatic carbocycles. The zero-order chi connectivity index (χ0) is 19.2. The molecular formula is C22H17N3O2. The van der Waals surface area contributed by atoms with E-state index in [0.717, 1.165) is 11.3 Å². The summed E-state index contributed by atoms with van der Waals surface area (Å²) in [5.41, 5.74) is 3.67. The first kappa shape index (κ1) is 17.9. The van der Waals surface area contributed by atoms with Crippen LogP contribution in [0, 0.1) is 18.3 Å². The van der Waals surface area contributed by atoms with Crippen molar-refractivity contribution >= 4 is 23.2 Å². The molecule has 3 rings (SSSR count). The molecule has 0 spiro atoms. The van der Waals surface area contributed by atoms with Crippen molar-refractivity contribution in [3.63, 3.8) is 0 Å². The van der Waals surface area contributed by atoms with Gasteiger partial charge in [-0.2, -0.15) is 5.26 Å². The van der Waals surface area contributed by atoms with Gasteiger partial charge in [0.2, 0.25) is 0 Å². The number of aryl methyl sites for hydroxylation is 1. The van der Waals surface area contributed by atoms with Crippen LogP contribution in [-0.4, -0.2) is 11.8 Å². The second kappa shape index (κ2) is 7.98. The minimum Gasteiger partial charge on any atom is -0.322 e. The highest BCUT2D eigenvalue weighted by Crippen LogP contribution is 2.14. The second-order valence-electron chi connectivity index (χ2n) is 6.05. The lowest BCUT2D eigenvalue weighted by molar-refractivity contribution is 0.101. The Morgan fingerprint density at radius 2 is 1.30 bits per heavy atom. The van der Waals surface area contributed by atoms with Crippen LogP contribution in [0.25, 0.3) is 0 Å². The highest BCUT2D eigenvalue weighted by Gasteiger charge is 2.10. The van der Waals surface area contributed by atoms with Gasteiger partial charge in [-0.3, -0.25) is 9.59 Å². The molecule has 27 heavy (non-hydrogen) atoms. The van der Waals surface area contributed by atoms with Crippen LogP contribution in [0.5, 0.6) is 0 Å². The minimum atomic E-state index is -0.310. The standard InChI is InChI=1S/C22H17N3O2/c1-15-4-2-6-19(12-15)24-21(26)17-8-10-18(11-9-17)22(27)25-20-7-3-5-16(13-20)14-23/h2-13H,1H3,(H,24,26)(H,25,27). The highest BCUT2D eigenvalue weighted by atomic mass is 16.2. The van der Waals surface area contributed by atoms with E-state index < -0.39 is 0 Å². The predicted octanol–water partition coefficient (Wildman–Crippen LogP) is 4.37. The molecule has 3 aromatic rings. The van der Waals surface area contributed by atoms with Crippen molar-refractivity contribution in [2.75, 3.05) is 10.6 Å². The fourth-order valence-corrected chi connectivity index (χ4v) is 2.57. The molecule has 0 bridgehead atoms. The Labute approximate surface area is 157 Å². The average Bonchev–Trinajstić information content (AvgIpc) is 2.68. The summed E-state index contributed by atoms with van der Waals surface area (Å²) in [7, 11) is 0. The number of hydrogen-bond acceptors (Lipinski definition) is 3. The zero-order valence-electron chi connectivity index (χ0n) is 14.7. The van der Waals surface area contributed by atoms with E-state index >= 15 is 0 Å². The van der Waals surface area contributed by atoms with Gasteiger partial charge in [-0.05, 0) is 67.1 Å². The van der Waals surface area contributed by atoms with Gasteiger partial charge >= 0.3 is 0 Å². The van der Waals surface area contributed by atoms with E-state index in [1.807, 2.05) is 37.3 Å². The van der Waals surface area contributed by atoms with Gasteiger partial charge in [-0.15, -0.1) is 0 Å². The first-order valence-corrected chi connectivity index (χ1v) is 8.35. The largest absolute Gasteiger partial charge is 0.322 e. The molecule has 132 valence electrons. The van der Waals surface area contributed by atoms with Crippen molar-refractivity contribution < 1.29 is 9.59 Å². The molecule has 0 saturated carbocycles. The number of carbonyl (C=O) groups is 2. The van der Waals surface area contributed by atoms with Gasteiger partial charge in [0.15, 0.2) is 0 Å². The van der Waals surface area contributed by atoms with Gasteiger partial charge in [0.05, 0.1) is 11.6 Å². The van der Waals surface area contributed by atoms with Crippen LogP contribution < -0.4 is 10.6 Å². The molecule has 0 radical (unpaired) electrons. The van der Waals surface area contributed by atoms with Gasteiger partial charge in [-0.25, -0.2) is 0 Å². The third-order valence-electron chi connectivity index (χ3n) is 3.93. The monoisotopic (exact) mass is 355 g/mol. The molecule has 0 atom stereocenters. The molecule has 2 amide bonds. The van der Waals surface area contributed by atoms with Crippen LogP contribution in [0.4, 0.5) is 11.4 Å². The van der Waals surface area contributed by atoms with Crippen LogP contribution in [-0.2, 0) is 0 Å². The fourth-order valence-electron chi connectivity index (χ4n) is 2.57. The maximum Gasteiger partial charge on any atom is 0.255 e. The highest BCUT2D eigenvalue weighted by molar-refractivity contribution is 6.07. The summed E-state index contributed by atoms with van der Waals surface area (Å²) in [5.74, 6) is -0.551. The van der Waals surface area contributed by atoms with Crippen molar-refractivity contribution in [3.05, 3.63) is 95.1 Å². The van der Waals surface area contributed by atoms with Crippen LogP contribution in [0.15, 0.2) is 72.8 Å². The molecule has 5 heteroatoms. The lowest BCUT2D eigenvalue weighted by Gasteiger charge is -2.08. The third kappa shape index (κ3) is 4.59. The van der Waals surface area contributed by atoms with E-state index in [4.69, 9.17) is 5.26 Å². The van der Waals surface area contributed by atoms with Crippen LogP contribution in [0.2, 0.25) is 0 Å². The average molecular weight is 355 g/mol. The number of anilines is 2. The molecule has 2 N–H and O–H groups in total. The van der Waals surface area contributed by atoms with Crippen molar-refractivity contribution in [2.24, 2.45) is 0 Å². The summed E-state index contributed by atoms with van der Waals surface area (Å²) in [6, 6.07) is 22.6. The molecule has 5 nitrogen and oxygen atoms in total. The SMILES string of the molecule is Cc1cccc(NC(=O)c2ccc(C(=O)Nc3cccc(C#N)c3)cc2)c1. The Kier molecular flexibility index (Phi) is 5.29. The predicted molar refractivity (Wildman–Crippen MR) is 105 cm³/mol. The van der Waals surface area contributed by atoms with Gasteiger partial charge in [0.1, 0.15) is 0 Å². The van der Waals surface area contributed by atoms with Gasteiger partial charge < -0.3 is 10.6 Å². The van der Waals surface area contributed by atoms with Gasteiger partial charge in [0, 0.05) is 22.5 Å². The number of nitrogens with one attached hydrogen (secondary N) is 2. The maximum atomic E-state index is 12.3. The lowest BCUT2D eigenvalue weighted by atomic mass is 10.1. The molecule has 0 heterocycles. The Bertz CT molecular complexity index is 1030. The lowest BCUT2D eigenvalue weighted by Crippen LogP contribution is -2.14. The van der Waals surface area contributed by atoms with Crippen molar-refractivity contribution in [2.45, 2.75) is 6.92 Å². The Morgan fingerprint density at radius 1 is 0.778 bits per heavy atom. The second-order valence-corrected chi connectivity index (χ2v) is 6.05. The van der Waals surface area contributed by atoms with Crippen LogP contribution >= 0.6 is 0 Å². The first-order chi connectivity index (χ1) is 13.0. The van der Waals surface area contributed by atoms with E-state index in [2.05, 4.69) is 10.6 Å². The Balaban J connectivity index is 1.68. The van der Waals surface area contributed by atoms with Crippen LogP contribution in [0.3, 0.4) is 0 Å². The number of nitrogens with zero attached hydrogens (tertiary/aromatic N) is 1. The van der Waals surface area contributed by atoms with Gasteiger partial charge in [0.25, 0.3) is 11.8 Å². The van der Waals surface area contributed by atoms with Crippen molar-refractivity contribution in [1.29, 1.82) is 5.26 Å². The Morgan fingerprint density at radius 3 is 1.81 bits per heavy atom. The Hall–Kier alpha value is -3.91. The van der Waals surface area contributed by atoms with Gasteiger partial charge in [-0.1, -0.05) is 18.2 Å². The van der Waals surface area contributed by atoms with E-state index in [1.165, 1.54) is 0 Å². The van der Waals surface area contributed by atoms with Crippen LogP contribution in [0.1, 0.15) is 31.8 Å². The molecule has 0 aliphatic heterocycles. The van der Waals surface area contributed by atoms with Crippen molar-refractivity contribution in [3.8, 4) is 6.07 Å². The van der Waals surface area contributed by atoms with E-state index in [1.54, 1.807) is 48.5 Å². The number of benzene rings is 3. The quantitative estimate of drug-likeness (QED) is 0.729. The van der Waals surface area contributed by atoms with E-state index in [9.17, 15) is 9.59 Å². The van der Waals surface area contributed by atoms with E-state index in [0.29, 0.717) is 22.4 Å². The summed E-state index contributed by atoms with van der Waals surface area (Å²) in [6.45, 7) is 1.95. The molecular weight excluding hydrogens is 338 g/mol. The summed E-state index contributed by atoms with van der Waals surface area (Å²) in [6.07, 6.45) is 0. The molecule has 0 unspecified atom stereocenters. The number of amides is 2. The summed E-state index contributed by atoms with van der Waals surface area (Å²) >= 11 is 0. The summed E-state index contributed by atoms with van der Waals surface area (Å²) in [5, 5.41) is 14.5.